The molecule has 0 fully saturated rings. The molecule has 0 radical (unpaired) electrons. The largest absolute Gasteiger partial charge is 0.352 e. The summed E-state index contributed by atoms with van der Waals surface area (Å²) in [6, 6.07) is 17.8. The number of aryl methyl sites for hydroxylation is 1. The molecule has 0 aliphatic heterocycles. The lowest BCUT2D eigenvalue weighted by Crippen LogP contribution is -2.58. The Hall–Kier alpha value is -4.22. The molecule has 3 aromatic carbocycles. The average Bonchev–Trinajstić information content (AvgIpc) is 3.06. The number of hydrogen-bond donors (Lipinski definition) is 7. The lowest BCUT2D eigenvalue weighted by atomic mass is 10.0. The first-order valence-corrected chi connectivity index (χ1v) is 16.5. The molecule has 3 aromatic rings. The van der Waals surface area contributed by atoms with Crippen LogP contribution >= 0.6 is 38.5 Å². The summed E-state index contributed by atoms with van der Waals surface area (Å²) in [6.45, 7) is 1.78. The minimum atomic E-state index is -1.23. The van der Waals surface area contributed by atoms with Crippen molar-refractivity contribution in [1.29, 1.82) is 5.53 Å². The summed E-state index contributed by atoms with van der Waals surface area (Å²) >= 11 is 5.54. The second kappa shape index (κ2) is 18.8. The van der Waals surface area contributed by atoms with Crippen molar-refractivity contribution in [3.8, 4) is 0 Å². The van der Waals surface area contributed by atoms with Crippen molar-refractivity contribution >= 4 is 68.1 Å². The van der Waals surface area contributed by atoms with Gasteiger partial charge in [-0.3, -0.25) is 24.0 Å². The standard InChI is InChI=1S/C32H36BrIN8O5/c1-19-12-13-22(17-24(19)33)29(44)39-26(15-20-7-3-2-4-8-20)31(46)38-25(30(45)40-27(18-35)32(47)41-42-36)11-6-14-37-28(43)21-9-5-10-23(34)16-21/h2-5,7-10,12-13,16-17,25-27H,6,11,14-15,18,35H2,1H3,(H,37,43)(H,38,46)(H,39,44)(H,40,45)(H2,36,41,47). The van der Waals surface area contributed by atoms with E-state index in [9.17, 15) is 24.0 Å². The molecule has 15 heteroatoms. The van der Waals surface area contributed by atoms with Gasteiger partial charge in [0.1, 0.15) is 18.1 Å². The quantitative estimate of drug-likeness (QED) is 0.0501. The first-order chi connectivity index (χ1) is 22.5. The van der Waals surface area contributed by atoms with Gasteiger partial charge in [-0.2, -0.15) is 5.53 Å². The van der Waals surface area contributed by atoms with Crippen LogP contribution in [0.2, 0.25) is 0 Å². The van der Waals surface area contributed by atoms with Gasteiger partial charge in [-0.25, -0.2) is 5.43 Å². The third-order valence-electron chi connectivity index (χ3n) is 7.05. The smallest absolute Gasteiger partial charge is 0.265 e. The van der Waals surface area contributed by atoms with E-state index in [2.05, 4.69) is 65.0 Å². The first-order valence-electron chi connectivity index (χ1n) is 14.6. The van der Waals surface area contributed by atoms with Crippen LogP contribution in [0.25, 0.3) is 0 Å². The van der Waals surface area contributed by atoms with Gasteiger partial charge >= 0.3 is 0 Å². The van der Waals surface area contributed by atoms with Crippen molar-refractivity contribution in [1.82, 2.24) is 26.7 Å². The van der Waals surface area contributed by atoms with Gasteiger partial charge < -0.3 is 27.0 Å². The molecule has 3 rings (SSSR count). The molecule has 0 aliphatic rings. The van der Waals surface area contributed by atoms with Gasteiger partial charge in [-0.05, 0) is 83.8 Å². The van der Waals surface area contributed by atoms with Crippen molar-refractivity contribution in [2.45, 2.75) is 44.3 Å². The number of nitrogens with one attached hydrogen (secondary N) is 6. The number of benzene rings is 3. The van der Waals surface area contributed by atoms with E-state index < -0.39 is 41.8 Å². The second-order valence-electron chi connectivity index (χ2n) is 10.5. The maximum atomic E-state index is 13.8. The third-order valence-corrected chi connectivity index (χ3v) is 8.57. The normalized spacial score (nSPS) is 12.5. The molecule has 0 spiro atoms. The number of rotatable bonds is 16. The van der Waals surface area contributed by atoms with Crippen LogP contribution < -0.4 is 32.4 Å². The molecule has 47 heavy (non-hydrogen) atoms. The highest BCUT2D eigenvalue weighted by molar-refractivity contribution is 14.1. The zero-order valence-electron chi connectivity index (χ0n) is 25.5. The topological polar surface area (TPSA) is 208 Å². The van der Waals surface area contributed by atoms with Gasteiger partial charge in [0.2, 0.25) is 11.8 Å². The zero-order chi connectivity index (χ0) is 34.3. The van der Waals surface area contributed by atoms with Crippen LogP contribution in [0.5, 0.6) is 0 Å². The molecule has 0 bridgehead atoms. The maximum Gasteiger partial charge on any atom is 0.265 e. The first kappa shape index (κ1) is 37.2. The van der Waals surface area contributed by atoms with Crippen LogP contribution in [0.1, 0.15) is 44.7 Å². The van der Waals surface area contributed by atoms with Crippen molar-refractivity contribution in [2.24, 2.45) is 11.0 Å². The van der Waals surface area contributed by atoms with Crippen LogP contribution in [0.4, 0.5) is 0 Å². The van der Waals surface area contributed by atoms with Crippen LogP contribution in [-0.4, -0.2) is 60.8 Å². The van der Waals surface area contributed by atoms with E-state index in [-0.39, 0.29) is 38.3 Å². The highest BCUT2D eigenvalue weighted by atomic mass is 127. The van der Waals surface area contributed by atoms with Crippen molar-refractivity contribution < 1.29 is 24.0 Å². The predicted molar refractivity (Wildman–Crippen MR) is 187 cm³/mol. The number of hydrogen-bond acceptors (Lipinski definition) is 8. The molecule has 0 saturated heterocycles. The lowest BCUT2D eigenvalue weighted by molar-refractivity contribution is -0.132. The molecule has 13 nitrogen and oxygen atoms in total. The molecule has 0 aromatic heterocycles. The Morgan fingerprint density at radius 2 is 1.51 bits per heavy atom. The Balaban J connectivity index is 1.79. The summed E-state index contributed by atoms with van der Waals surface area (Å²) < 4.78 is 1.63. The maximum absolute atomic E-state index is 13.8. The van der Waals surface area contributed by atoms with Crippen LogP contribution in [0, 0.1) is 16.0 Å². The Kier molecular flexibility index (Phi) is 14.9. The number of carbonyl (C=O) groups is 5. The zero-order valence-corrected chi connectivity index (χ0v) is 29.3. The van der Waals surface area contributed by atoms with E-state index in [1.807, 2.05) is 48.7 Å². The van der Waals surface area contributed by atoms with E-state index in [1.54, 1.807) is 36.4 Å². The van der Waals surface area contributed by atoms with Crippen LogP contribution in [0.3, 0.4) is 0 Å². The SMILES string of the molecule is Cc1ccc(C(=O)NC(Cc2ccccc2)C(=O)NC(CCCNC(=O)c2cccc(I)c2)C(=O)NC(CN)C(=O)NN=N)cc1Br. The fraction of sp³-hybridized carbons (Fsp3) is 0.281. The van der Waals surface area contributed by atoms with Crippen molar-refractivity contribution in [3.63, 3.8) is 0 Å². The fourth-order valence-electron chi connectivity index (χ4n) is 4.45. The van der Waals surface area contributed by atoms with Crippen LogP contribution in [-0.2, 0) is 20.8 Å². The molecule has 8 N–H and O–H groups in total. The number of nitrogens with zero attached hydrogens (tertiary/aromatic N) is 1. The van der Waals surface area contributed by atoms with Gasteiger partial charge in [0.25, 0.3) is 17.7 Å². The Morgan fingerprint density at radius 1 is 0.830 bits per heavy atom. The summed E-state index contributed by atoms with van der Waals surface area (Å²) in [5.41, 5.74) is 17.0. The summed E-state index contributed by atoms with van der Waals surface area (Å²) in [5.74, 6) is -2.93. The molecular weight excluding hydrogens is 783 g/mol. The molecule has 0 aliphatic carbocycles. The number of amides is 5. The highest BCUT2D eigenvalue weighted by Crippen LogP contribution is 2.18. The average molecular weight is 819 g/mol. The van der Waals surface area contributed by atoms with Gasteiger partial charge in [-0.15, -0.1) is 0 Å². The Labute approximate surface area is 294 Å². The minimum Gasteiger partial charge on any atom is -0.352 e. The van der Waals surface area contributed by atoms with Crippen molar-refractivity contribution in [2.75, 3.05) is 13.1 Å². The van der Waals surface area contributed by atoms with E-state index in [1.165, 1.54) is 0 Å². The number of halogens is 2. The molecule has 5 amide bonds. The van der Waals surface area contributed by atoms with E-state index in [4.69, 9.17) is 11.3 Å². The summed E-state index contributed by atoms with van der Waals surface area (Å²) in [7, 11) is 0. The summed E-state index contributed by atoms with van der Waals surface area (Å²) in [4.78, 5) is 65.3. The van der Waals surface area contributed by atoms with E-state index in [0.717, 1.165) is 19.2 Å². The minimum absolute atomic E-state index is 0.0722. The molecule has 0 saturated carbocycles. The lowest BCUT2D eigenvalue weighted by Gasteiger charge is -2.25. The van der Waals surface area contributed by atoms with Crippen LogP contribution in [0.15, 0.2) is 82.5 Å². The van der Waals surface area contributed by atoms with E-state index in [0.29, 0.717) is 11.1 Å². The molecule has 0 heterocycles. The predicted octanol–water partition coefficient (Wildman–Crippen LogP) is 2.90. The fourth-order valence-corrected chi connectivity index (χ4v) is 5.37. The van der Waals surface area contributed by atoms with E-state index >= 15 is 0 Å². The molecule has 3 atom stereocenters. The summed E-state index contributed by atoms with van der Waals surface area (Å²) in [6.07, 6.45) is 0.482. The Morgan fingerprint density at radius 3 is 2.17 bits per heavy atom. The molecule has 3 unspecified atom stereocenters. The number of carbonyl (C=O) groups excluding carboxylic acids is 5. The van der Waals surface area contributed by atoms with Gasteiger partial charge in [0, 0.05) is 38.7 Å². The van der Waals surface area contributed by atoms with Crippen molar-refractivity contribution in [3.05, 3.63) is 103 Å². The number of nitrogens with two attached hydrogens (primary N) is 1. The summed E-state index contributed by atoms with van der Waals surface area (Å²) in [5, 5.41) is 13.6. The third kappa shape index (κ3) is 11.8. The highest BCUT2D eigenvalue weighted by Gasteiger charge is 2.29. The van der Waals surface area contributed by atoms with Gasteiger partial charge in [-0.1, -0.05) is 63.6 Å². The molecule has 248 valence electrons. The molecular formula is C32H36BrIN8O5. The second-order valence-corrected chi connectivity index (χ2v) is 12.6. The Bertz CT molecular complexity index is 1590. The monoisotopic (exact) mass is 818 g/mol. The van der Waals surface area contributed by atoms with Gasteiger partial charge in [0.15, 0.2) is 0 Å². The van der Waals surface area contributed by atoms with Gasteiger partial charge in [0.05, 0.1) is 0 Å².